The van der Waals surface area contributed by atoms with Crippen LogP contribution >= 0.6 is 0 Å². The molecule has 0 aliphatic rings. The minimum absolute atomic E-state index is 0.00635. The third-order valence-corrected chi connectivity index (χ3v) is 3.61. The summed E-state index contributed by atoms with van der Waals surface area (Å²) < 4.78 is 56.0. The number of halogens is 4. The Kier molecular flexibility index (Phi) is 6.92. The van der Waals surface area contributed by atoms with Crippen LogP contribution in [0.15, 0.2) is 48.5 Å². The number of carbonyl (C=O) groups excluding carboxylic acids is 3. The molecule has 0 unspecified atom stereocenters. The van der Waals surface area contributed by atoms with Gasteiger partial charge >= 0.3 is 12.1 Å². The second-order valence-corrected chi connectivity index (χ2v) is 5.89. The third kappa shape index (κ3) is 6.59. The number of amides is 2. The lowest BCUT2D eigenvalue weighted by molar-refractivity contribution is -0.152. The van der Waals surface area contributed by atoms with E-state index >= 15 is 0 Å². The lowest BCUT2D eigenvalue weighted by Crippen LogP contribution is -2.35. The van der Waals surface area contributed by atoms with Crippen molar-refractivity contribution in [3.8, 4) is 0 Å². The van der Waals surface area contributed by atoms with Gasteiger partial charge in [-0.05, 0) is 43.3 Å². The maximum Gasteiger partial charge on any atom is 0.416 e. The van der Waals surface area contributed by atoms with E-state index in [1.807, 2.05) is 0 Å². The van der Waals surface area contributed by atoms with Crippen LogP contribution in [0.2, 0.25) is 0 Å². The van der Waals surface area contributed by atoms with E-state index < -0.39 is 48.0 Å². The molecule has 2 amide bonds. The van der Waals surface area contributed by atoms with Gasteiger partial charge in [-0.3, -0.25) is 14.4 Å². The number of alkyl halides is 3. The molecule has 0 aromatic heterocycles. The van der Waals surface area contributed by atoms with E-state index in [1.54, 1.807) is 0 Å². The molecule has 0 spiro atoms. The first-order valence-corrected chi connectivity index (χ1v) is 8.27. The van der Waals surface area contributed by atoms with E-state index in [0.29, 0.717) is 0 Å². The van der Waals surface area contributed by atoms with E-state index in [4.69, 9.17) is 4.74 Å². The first-order valence-electron chi connectivity index (χ1n) is 8.27. The molecule has 29 heavy (non-hydrogen) atoms. The molecule has 2 aromatic rings. The van der Waals surface area contributed by atoms with Crippen LogP contribution in [0.25, 0.3) is 0 Å². The van der Waals surface area contributed by atoms with Crippen molar-refractivity contribution < 1.29 is 36.7 Å². The monoisotopic (exact) mass is 412 g/mol. The molecule has 0 bridgehead atoms. The Morgan fingerprint density at radius 1 is 1.07 bits per heavy atom. The number of ether oxygens (including phenoxy) is 1. The van der Waals surface area contributed by atoms with Crippen molar-refractivity contribution in [1.29, 1.82) is 0 Å². The SMILES string of the molecule is C[C@@H](OC(=O)CNC(=O)c1cccc(F)c1)C(=O)Nc1cccc(C(F)(F)F)c1. The lowest BCUT2D eigenvalue weighted by Gasteiger charge is -2.15. The van der Waals surface area contributed by atoms with E-state index in [0.717, 1.165) is 30.3 Å². The lowest BCUT2D eigenvalue weighted by atomic mass is 10.2. The maximum absolute atomic E-state index is 13.1. The first kappa shape index (κ1) is 21.9. The molecule has 2 rings (SSSR count). The zero-order valence-corrected chi connectivity index (χ0v) is 15.0. The number of anilines is 1. The minimum atomic E-state index is -4.57. The average Bonchev–Trinajstić information content (AvgIpc) is 2.65. The molecule has 0 heterocycles. The number of hydrogen-bond acceptors (Lipinski definition) is 4. The molecular formula is C19H16F4N2O4. The molecule has 2 aromatic carbocycles. The number of hydrogen-bond donors (Lipinski definition) is 2. The van der Waals surface area contributed by atoms with Gasteiger partial charge in [-0.15, -0.1) is 0 Å². The van der Waals surface area contributed by atoms with Gasteiger partial charge in [-0.1, -0.05) is 12.1 Å². The van der Waals surface area contributed by atoms with Crippen LogP contribution in [0.4, 0.5) is 23.2 Å². The highest BCUT2D eigenvalue weighted by Gasteiger charge is 2.30. The van der Waals surface area contributed by atoms with Crippen molar-refractivity contribution in [3.05, 3.63) is 65.5 Å². The second-order valence-electron chi connectivity index (χ2n) is 5.89. The number of rotatable bonds is 6. The summed E-state index contributed by atoms with van der Waals surface area (Å²) in [6.45, 7) is 0.631. The second kappa shape index (κ2) is 9.18. The molecule has 6 nitrogen and oxygen atoms in total. The van der Waals surface area contributed by atoms with Gasteiger partial charge in [0.25, 0.3) is 11.8 Å². The number of carbonyl (C=O) groups is 3. The molecule has 1 atom stereocenters. The minimum Gasteiger partial charge on any atom is -0.451 e. The Bertz CT molecular complexity index is 915. The first-order chi connectivity index (χ1) is 13.6. The largest absolute Gasteiger partial charge is 0.451 e. The Hall–Kier alpha value is -3.43. The Balaban J connectivity index is 1.86. The van der Waals surface area contributed by atoms with Crippen LogP contribution in [0.1, 0.15) is 22.8 Å². The van der Waals surface area contributed by atoms with Crippen molar-refractivity contribution in [3.63, 3.8) is 0 Å². The fraction of sp³-hybridized carbons (Fsp3) is 0.211. The summed E-state index contributed by atoms with van der Waals surface area (Å²) >= 11 is 0. The molecular weight excluding hydrogens is 396 g/mol. The highest BCUT2D eigenvalue weighted by molar-refractivity contribution is 5.97. The van der Waals surface area contributed by atoms with Gasteiger partial charge in [-0.25, -0.2) is 4.39 Å². The summed E-state index contributed by atoms with van der Waals surface area (Å²) in [7, 11) is 0. The normalized spacial score (nSPS) is 12.0. The number of benzene rings is 2. The Morgan fingerprint density at radius 3 is 2.41 bits per heavy atom. The van der Waals surface area contributed by atoms with E-state index in [9.17, 15) is 31.9 Å². The van der Waals surface area contributed by atoms with Crippen LogP contribution in [0.5, 0.6) is 0 Å². The van der Waals surface area contributed by atoms with Crippen molar-refractivity contribution in [2.24, 2.45) is 0 Å². The summed E-state index contributed by atoms with van der Waals surface area (Å²) in [5.74, 6) is -3.15. The van der Waals surface area contributed by atoms with E-state index in [2.05, 4.69) is 10.6 Å². The average molecular weight is 412 g/mol. The van der Waals surface area contributed by atoms with Crippen LogP contribution in [-0.2, 0) is 20.5 Å². The molecule has 0 saturated heterocycles. The summed E-state index contributed by atoms with van der Waals surface area (Å²) in [6.07, 6.45) is -5.90. The molecule has 154 valence electrons. The van der Waals surface area contributed by atoms with Crippen LogP contribution in [-0.4, -0.2) is 30.4 Å². The van der Waals surface area contributed by atoms with Crippen LogP contribution < -0.4 is 10.6 Å². The zero-order chi connectivity index (χ0) is 21.6. The Morgan fingerprint density at radius 2 is 1.76 bits per heavy atom. The summed E-state index contributed by atoms with van der Waals surface area (Å²) in [6, 6.07) is 8.75. The van der Waals surface area contributed by atoms with Gasteiger partial charge in [0.15, 0.2) is 6.10 Å². The van der Waals surface area contributed by atoms with Gasteiger partial charge < -0.3 is 15.4 Å². The highest BCUT2D eigenvalue weighted by Crippen LogP contribution is 2.30. The fourth-order valence-electron chi connectivity index (χ4n) is 2.19. The van der Waals surface area contributed by atoms with Gasteiger partial charge in [-0.2, -0.15) is 13.2 Å². The van der Waals surface area contributed by atoms with Crippen LogP contribution in [0.3, 0.4) is 0 Å². The van der Waals surface area contributed by atoms with Crippen LogP contribution in [0, 0.1) is 5.82 Å². The quantitative estimate of drug-likeness (QED) is 0.564. The van der Waals surface area contributed by atoms with Crippen molar-refractivity contribution in [2.45, 2.75) is 19.2 Å². The number of nitrogens with one attached hydrogen (secondary N) is 2. The predicted molar refractivity (Wildman–Crippen MR) is 94.4 cm³/mol. The maximum atomic E-state index is 13.1. The predicted octanol–water partition coefficient (Wildman–Crippen LogP) is 3.14. The molecule has 0 radical (unpaired) electrons. The Labute approximate surface area is 162 Å². The topological polar surface area (TPSA) is 84.5 Å². The zero-order valence-electron chi connectivity index (χ0n) is 15.0. The molecule has 10 heteroatoms. The van der Waals surface area contributed by atoms with Gasteiger partial charge in [0.2, 0.25) is 0 Å². The van der Waals surface area contributed by atoms with Gasteiger partial charge in [0.05, 0.1) is 5.56 Å². The van der Waals surface area contributed by atoms with Gasteiger partial charge in [0.1, 0.15) is 12.4 Å². The van der Waals surface area contributed by atoms with E-state index in [1.165, 1.54) is 25.1 Å². The third-order valence-electron chi connectivity index (χ3n) is 3.61. The number of esters is 1. The molecule has 0 fully saturated rings. The summed E-state index contributed by atoms with van der Waals surface area (Å²) in [5.41, 5.74) is -1.07. The molecule has 0 aliphatic carbocycles. The van der Waals surface area contributed by atoms with Crippen molar-refractivity contribution >= 4 is 23.5 Å². The highest BCUT2D eigenvalue weighted by atomic mass is 19.4. The van der Waals surface area contributed by atoms with Crippen molar-refractivity contribution in [2.75, 3.05) is 11.9 Å². The van der Waals surface area contributed by atoms with E-state index in [-0.39, 0.29) is 11.3 Å². The smallest absolute Gasteiger partial charge is 0.416 e. The van der Waals surface area contributed by atoms with Crippen molar-refractivity contribution in [1.82, 2.24) is 5.32 Å². The van der Waals surface area contributed by atoms with Gasteiger partial charge in [0, 0.05) is 11.3 Å². The standard InChI is InChI=1S/C19H16F4N2O4/c1-11(17(27)25-15-7-3-5-13(9-15)19(21,22)23)29-16(26)10-24-18(28)12-4-2-6-14(20)8-12/h2-9,11H,10H2,1H3,(H,24,28)(H,25,27)/t11-/m1/s1. The summed E-state index contributed by atoms with van der Waals surface area (Å²) in [5, 5.41) is 4.42. The molecule has 0 saturated carbocycles. The fourth-order valence-corrected chi connectivity index (χ4v) is 2.19. The molecule has 0 aliphatic heterocycles. The summed E-state index contributed by atoms with van der Waals surface area (Å²) in [4.78, 5) is 35.6. The molecule has 2 N–H and O–H groups in total.